The predicted octanol–water partition coefficient (Wildman–Crippen LogP) is 0.106. The summed E-state index contributed by atoms with van der Waals surface area (Å²) >= 11 is 0. The maximum atomic E-state index is 12.9. The van der Waals surface area contributed by atoms with Crippen LogP contribution in [0.5, 0.6) is 0 Å². The molecule has 0 saturated heterocycles. The number of amides is 5. The average molecular weight is 1260 g/mol. The summed E-state index contributed by atoms with van der Waals surface area (Å²) < 4.78 is 25.2. The van der Waals surface area contributed by atoms with Gasteiger partial charge in [0.15, 0.2) is 0 Å². The third-order valence-corrected chi connectivity index (χ3v) is 14.0. The molecule has 0 saturated carbocycles. The van der Waals surface area contributed by atoms with Crippen molar-refractivity contribution >= 4 is 70.9 Å². The molecular formula is C60H104N8O20. The number of carboxylic acid groups (broad SMARTS) is 3. The molecule has 0 fully saturated rings. The topological polar surface area (TPSA) is 454 Å². The first-order valence-electron chi connectivity index (χ1n) is 30.5. The van der Waals surface area contributed by atoms with E-state index in [9.17, 15) is 67.7 Å². The van der Waals surface area contributed by atoms with Crippen molar-refractivity contribution < 1.29 is 102 Å². The number of ether oxygens (including phenoxy) is 5. The second-order valence-corrected chi connectivity index (χ2v) is 21.2. The lowest BCUT2D eigenvalue weighted by molar-refractivity contribution is -0.368. The molecule has 0 bridgehead atoms. The number of hydrogen-bond acceptors (Lipinski definition) is 20. The lowest BCUT2D eigenvalue weighted by Gasteiger charge is -2.18. The lowest BCUT2D eigenvalue weighted by Crippen LogP contribution is -2.50. The van der Waals surface area contributed by atoms with Gasteiger partial charge in [-0.2, -0.15) is 0 Å². The number of unbranched alkanes of at least 4 members (excludes halogenated alkanes) is 4. The van der Waals surface area contributed by atoms with Crippen molar-refractivity contribution in [1.29, 1.82) is 0 Å². The van der Waals surface area contributed by atoms with Gasteiger partial charge in [0.25, 0.3) is 0 Å². The number of nitrogens with one attached hydrogen (secondary N) is 5. The van der Waals surface area contributed by atoms with Crippen LogP contribution >= 0.6 is 0 Å². The third-order valence-electron chi connectivity index (χ3n) is 14.0. The highest BCUT2D eigenvalue weighted by atomic mass is 16.6. The minimum absolute atomic E-state index is 0.0248. The van der Waals surface area contributed by atoms with Crippen LogP contribution in [0, 0.1) is 23.7 Å². The Balaban J connectivity index is 0. The Hall–Kier alpha value is -6.56. The van der Waals surface area contributed by atoms with Crippen LogP contribution in [0.4, 0.5) is 0 Å². The predicted molar refractivity (Wildman–Crippen MR) is 321 cm³/mol. The summed E-state index contributed by atoms with van der Waals surface area (Å²) in [6, 6.07) is 0. The van der Waals surface area contributed by atoms with Gasteiger partial charge in [0.1, 0.15) is 11.6 Å². The highest BCUT2D eigenvalue weighted by Gasteiger charge is 2.30. The third kappa shape index (κ3) is 43.1. The van der Waals surface area contributed by atoms with Crippen LogP contribution in [0.2, 0.25) is 0 Å². The Kier molecular flexibility index (Phi) is 50.7. The summed E-state index contributed by atoms with van der Waals surface area (Å²) in [5, 5.41) is 40.8. The fourth-order valence-corrected chi connectivity index (χ4v) is 8.42. The second kappa shape index (κ2) is 53.5. The fraction of sp³-hybridized carbons (Fsp3) is 0.733. The van der Waals surface area contributed by atoms with E-state index in [4.69, 9.17) is 29.8 Å². The van der Waals surface area contributed by atoms with Crippen molar-refractivity contribution in [2.45, 2.75) is 156 Å². The Bertz CT molecular complexity index is 2210. The number of quaternary nitrogens is 1. The number of carboxylic acids is 3. The van der Waals surface area contributed by atoms with Gasteiger partial charge in [0.05, 0.1) is 52.0 Å². The van der Waals surface area contributed by atoms with Gasteiger partial charge in [-0.05, 0) is 104 Å². The Morgan fingerprint density at radius 1 is 0.591 bits per heavy atom. The zero-order chi connectivity index (χ0) is 66.7. The van der Waals surface area contributed by atoms with Crippen molar-refractivity contribution in [3.63, 3.8) is 0 Å². The van der Waals surface area contributed by atoms with E-state index < -0.39 is 54.1 Å². The number of ketones is 2. The molecule has 0 radical (unpaired) electrons. The maximum Gasteiger partial charge on any atom is 0.342 e. The van der Waals surface area contributed by atoms with Crippen molar-refractivity contribution in [3.8, 4) is 0 Å². The van der Waals surface area contributed by atoms with Crippen molar-refractivity contribution in [2.24, 2.45) is 35.1 Å². The number of hydrogen-bond donors (Lipinski definition) is 10. The fourth-order valence-electron chi connectivity index (χ4n) is 8.42. The van der Waals surface area contributed by atoms with E-state index in [1.54, 1.807) is 14.2 Å². The molecule has 4 atom stereocenters. The summed E-state index contributed by atoms with van der Waals surface area (Å²) in [5.74, 6) is -7.97. The molecule has 1 rings (SSSR count). The summed E-state index contributed by atoms with van der Waals surface area (Å²) in [5.41, 5.74) is 14.1. The van der Waals surface area contributed by atoms with E-state index in [0.717, 1.165) is 38.6 Å². The van der Waals surface area contributed by atoms with E-state index in [-0.39, 0.29) is 114 Å². The number of esters is 2. The first-order valence-corrected chi connectivity index (χ1v) is 30.5. The number of carbonyl (C=O) groups excluding carboxylic acids is 10. The van der Waals surface area contributed by atoms with E-state index in [1.165, 1.54) is 13.8 Å². The molecule has 0 aromatic carbocycles. The van der Waals surface area contributed by atoms with Gasteiger partial charge >= 0.3 is 23.9 Å². The van der Waals surface area contributed by atoms with Crippen molar-refractivity contribution in [2.75, 3.05) is 106 Å². The lowest BCUT2D eigenvalue weighted by atomic mass is 9.88. The normalized spacial score (nSPS) is 13.4. The first-order chi connectivity index (χ1) is 41.9. The van der Waals surface area contributed by atoms with Crippen molar-refractivity contribution in [1.82, 2.24) is 26.6 Å². The molecule has 0 aromatic heterocycles. The number of aliphatic carboxylic acids is 3. The summed E-state index contributed by atoms with van der Waals surface area (Å²) in [4.78, 5) is 142. The maximum absolute atomic E-state index is 12.9. The zero-order valence-corrected chi connectivity index (χ0v) is 53.0. The molecular weight excluding hydrogens is 1150 g/mol. The molecule has 0 aromatic rings. The molecule has 504 valence electrons. The molecule has 28 heteroatoms. The minimum Gasteiger partial charge on any atom is -0.548 e. The standard InChI is InChI=1S/C30H52N4O10.C28H47N3O8.C2H5NO2/c1-21(25(35)19-23(10-4-6-13-31)28(39)33-15-8-16-44-18-17-43-3)9-5-7-14-32-26(36)12-11-24(22(2)30(41)42)29(40)34-20-27(37)38;1-20(9-5-7-14-30-25(33)12-11-23-21(2)27(35)39-28(23)36)24(32)19-22(10-4-6-13-29)26(34)31-15-8-16-38-18-17-37-3;3-1-2(4)5/h21,23H,4-20,31H2,1-3H3,(H,32,36)(H,33,39)(H,34,40)(H,37,38)(H,41,42);20,22H,4-19,29H2,1-3H3,(H,30,33)(H,31,34);1,3H2,(H,4,5)/b24-22-;;. The van der Waals surface area contributed by atoms with Crippen LogP contribution in [0.1, 0.15) is 156 Å². The highest BCUT2D eigenvalue weighted by Crippen LogP contribution is 2.23. The molecule has 0 aliphatic carbocycles. The number of nitrogens with two attached hydrogens (primary N) is 2. The van der Waals surface area contributed by atoms with Crippen LogP contribution in [0.25, 0.3) is 0 Å². The number of cyclic esters (lactones) is 2. The van der Waals surface area contributed by atoms with Crippen LogP contribution in [-0.2, 0) is 81.2 Å². The zero-order valence-electron chi connectivity index (χ0n) is 53.0. The van der Waals surface area contributed by atoms with Gasteiger partial charge in [-0.25, -0.2) is 14.4 Å². The summed E-state index contributed by atoms with van der Waals surface area (Å²) in [6.45, 7) is 11.6. The molecule has 0 spiro atoms. The number of methoxy groups -OCH3 is 2. The minimum atomic E-state index is -1.53. The summed E-state index contributed by atoms with van der Waals surface area (Å²) in [7, 11) is 3.22. The number of rotatable bonds is 51. The van der Waals surface area contributed by atoms with Crippen LogP contribution in [0.3, 0.4) is 0 Å². The second-order valence-electron chi connectivity index (χ2n) is 21.2. The molecule has 88 heavy (non-hydrogen) atoms. The molecule has 5 amide bonds. The quantitative estimate of drug-likeness (QED) is 0.0167. The Labute approximate surface area is 518 Å². The molecule has 14 N–H and O–H groups in total. The number of Topliss-reactive ketones (excluding diaryl/α,β-unsaturated/α-hetero) is 2. The van der Waals surface area contributed by atoms with Crippen molar-refractivity contribution in [3.05, 3.63) is 22.3 Å². The molecule has 1 aliphatic heterocycles. The van der Waals surface area contributed by atoms with E-state index in [0.29, 0.717) is 130 Å². The molecule has 1 heterocycles. The first kappa shape index (κ1) is 83.5. The van der Waals surface area contributed by atoms with Crippen LogP contribution in [-0.4, -0.2) is 187 Å². The van der Waals surface area contributed by atoms with Gasteiger partial charge in [-0.15, -0.1) is 0 Å². The Morgan fingerprint density at radius 2 is 1.05 bits per heavy atom. The average Bonchev–Trinajstić information content (AvgIpc) is 3.84. The highest BCUT2D eigenvalue weighted by molar-refractivity contribution is 6.12. The SMILES string of the molecule is COCCOCCCNC(=O)C(CCCCN)CC(=O)C(C)CCCCNC(=O)CCC1=C(C)C(=O)OC1=O.COCCOCCCNC(=O)C(CCCC[NH3+])CC(=O)C(C)CCCCNC(=O)CC/C(C(=O)NCC(=O)[O-])=C(\C)C(=O)O.NCC(=O)O. The smallest absolute Gasteiger partial charge is 0.342 e. The van der Waals surface area contributed by atoms with E-state index in [2.05, 4.69) is 42.8 Å². The largest absolute Gasteiger partial charge is 0.548 e. The van der Waals surface area contributed by atoms with E-state index >= 15 is 0 Å². The molecule has 1 aliphatic rings. The molecule has 4 unspecified atom stereocenters. The number of carbonyl (C=O) groups is 12. The van der Waals surface area contributed by atoms with Gasteiger partial charge in [-0.1, -0.05) is 33.1 Å². The molecule has 28 nitrogen and oxygen atoms in total. The summed E-state index contributed by atoms with van der Waals surface area (Å²) in [6.07, 6.45) is 10.2. The monoisotopic (exact) mass is 1260 g/mol. The van der Waals surface area contributed by atoms with E-state index in [1.807, 2.05) is 13.8 Å². The van der Waals surface area contributed by atoms with Gasteiger partial charge in [0.2, 0.25) is 29.5 Å². The van der Waals surface area contributed by atoms with Crippen LogP contribution < -0.4 is 48.9 Å². The van der Waals surface area contributed by atoms with Gasteiger partial charge in [-0.3, -0.25) is 38.4 Å². The van der Waals surface area contributed by atoms with Crippen LogP contribution in [0.15, 0.2) is 22.3 Å². The van der Waals surface area contributed by atoms with Gasteiger partial charge in [0, 0.05) is 125 Å². The van der Waals surface area contributed by atoms with Gasteiger partial charge < -0.3 is 87.6 Å². The Morgan fingerprint density at radius 3 is 1.45 bits per heavy atom.